The smallest absolute Gasteiger partial charge is 0.432 e. The van der Waals surface area contributed by atoms with E-state index in [2.05, 4.69) is 4.74 Å². The molecule has 0 heterocycles. The van der Waals surface area contributed by atoms with Crippen molar-refractivity contribution in [2.45, 2.75) is 57.1 Å². The second-order valence-electron chi connectivity index (χ2n) is 11.2. The average Bonchev–Trinajstić information content (AvgIpc) is 2.95. The molecule has 47 heavy (non-hydrogen) atoms. The zero-order valence-electron chi connectivity index (χ0n) is 24.4. The quantitative estimate of drug-likeness (QED) is 0.173. The first-order chi connectivity index (χ1) is 22.0. The van der Waals surface area contributed by atoms with Crippen LogP contribution in [-0.2, 0) is 10.8 Å². The van der Waals surface area contributed by atoms with Gasteiger partial charge in [0.15, 0.2) is 0 Å². The fourth-order valence-electron chi connectivity index (χ4n) is 5.91. The Labute approximate surface area is 261 Å². The van der Waals surface area contributed by atoms with Gasteiger partial charge < -0.3 is 4.74 Å². The van der Waals surface area contributed by atoms with Crippen molar-refractivity contribution >= 4 is 16.8 Å². The standard InChI is InChI=1S/C34H25F11O2/c1-2-3-18-4-5-22-13-21(7-6-20(22)12-18)19-8-10-24(11-9-19)32(39,40)46-25-16-26(35)30(27(36)17-25)23-14-28(37)31(29(38)15-23)33(41,42)47-34(43,44)45/h2-7,12-17,19,24H,8-11H2,1H3. The van der Waals surface area contributed by atoms with Gasteiger partial charge in [0.05, 0.1) is 11.5 Å². The molecule has 0 aliphatic heterocycles. The van der Waals surface area contributed by atoms with Crippen molar-refractivity contribution in [2.75, 3.05) is 0 Å². The highest BCUT2D eigenvalue weighted by atomic mass is 19.4. The van der Waals surface area contributed by atoms with E-state index in [9.17, 15) is 39.5 Å². The molecule has 250 valence electrons. The fourth-order valence-corrected chi connectivity index (χ4v) is 5.91. The normalized spacial score (nSPS) is 17.9. The molecule has 4 aromatic rings. The van der Waals surface area contributed by atoms with Crippen LogP contribution in [0.3, 0.4) is 0 Å². The number of alkyl halides is 7. The Bertz CT molecular complexity index is 1760. The summed E-state index contributed by atoms with van der Waals surface area (Å²) in [5.74, 6) is -10.2. The number of hydrogen-bond acceptors (Lipinski definition) is 2. The highest BCUT2D eigenvalue weighted by Crippen LogP contribution is 2.45. The van der Waals surface area contributed by atoms with Gasteiger partial charge in [-0.15, -0.1) is 13.2 Å². The molecule has 1 saturated carbocycles. The minimum Gasteiger partial charge on any atom is -0.432 e. The second-order valence-corrected chi connectivity index (χ2v) is 11.2. The average molecular weight is 675 g/mol. The van der Waals surface area contributed by atoms with E-state index in [1.54, 1.807) is 0 Å². The largest absolute Gasteiger partial charge is 0.527 e. The van der Waals surface area contributed by atoms with Crippen LogP contribution in [-0.4, -0.2) is 12.5 Å². The molecule has 1 fully saturated rings. The summed E-state index contributed by atoms with van der Waals surface area (Å²) in [6.45, 7) is 1.92. The monoisotopic (exact) mass is 674 g/mol. The van der Waals surface area contributed by atoms with Crippen LogP contribution >= 0.6 is 0 Å². The van der Waals surface area contributed by atoms with Crippen LogP contribution in [0.5, 0.6) is 5.75 Å². The summed E-state index contributed by atoms with van der Waals surface area (Å²) < 4.78 is 160. The van der Waals surface area contributed by atoms with Gasteiger partial charge in [0.1, 0.15) is 34.6 Å². The molecule has 4 aromatic carbocycles. The number of allylic oxidation sites excluding steroid dienone is 1. The van der Waals surface area contributed by atoms with Crippen molar-refractivity contribution in [3.8, 4) is 16.9 Å². The van der Waals surface area contributed by atoms with Crippen molar-refractivity contribution in [3.05, 3.63) is 107 Å². The third-order valence-electron chi connectivity index (χ3n) is 8.06. The number of rotatable bonds is 8. The van der Waals surface area contributed by atoms with E-state index >= 15 is 8.78 Å². The van der Waals surface area contributed by atoms with Gasteiger partial charge in [-0.25, -0.2) is 22.3 Å². The summed E-state index contributed by atoms with van der Waals surface area (Å²) in [6.07, 6.45) is -10.6. The molecule has 0 saturated heterocycles. The molecule has 5 rings (SSSR count). The number of hydrogen-bond donors (Lipinski definition) is 0. The maximum absolute atomic E-state index is 15.2. The summed E-state index contributed by atoms with van der Waals surface area (Å²) in [7, 11) is 0. The Hall–Kier alpha value is -4.13. The summed E-state index contributed by atoms with van der Waals surface area (Å²) in [5, 5.41) is 2.04. The Morgan fingerprint density at radius 3 is 1.83 bits per heavy atom. The van der Waals surface area contributed by atoms with Gasteiger partial charge in [0.25, 0.3) is 0 Å². The van der Waals surface area contributed by atoms with E-state index in [4.69, 9.17) is 4.74 Å². The molecule has 0 amide bonds. The minimum absolute atomic E-state index is 0.00277. The van der Waals surface area contributed by atoms with Crippen LogP contribution < -0.4 is 4.74 Å². The van der Waals surface area contributed by atoms with E-state index in [0.717, 1.165) is 21.9 Å². The van der Waals surface area contributed by atoms with Crippen molar-refractivity contribution < 1.29 is 57.8 Å². The lowest BCUT2D eigenvalue weighted by atomic mass is 9.78. The first-order valence-electron chi connectivity index (χ1n) is 14.3. The van der Waals surface area contributed by atoms with Crippen LogP contribution in [0.4, 0.5) is 48.3 Å². The van der Waals surface area contributed by atoms with Gasteiger partial charge in [0, 0.05) is 12.1 Å². The minimum atomic E-state index is -5.98. The molecule has 0 unspecified atom stereocenters. The molecule has 0 atom stereocenters. The van der Waals surface area contributed by atoms with E-state index in [-0.39, 0.29) is 30.9 Å². The topological polar surface area (TPSA) is 18.5 Å². The molecule has 0 spiro atoms. The summed E-state index contributed by atoms with van der Waals surface area (Å²) in [5.41, 5.74) is -2.67. The van der Waals surface area contributed by atoms with Gasteiger partial charge in [-0.3, -0.25) is 0 Å². The van der Waals surface area contributed by atoms with Gasteiger partial charge in [0.2, 0.25) is 0 Å². The lowest BCUT2D eigenvalue weighted by Gasteiger charge is -2.33. The molecule has 13 heteroatoms. The first-order valence-corrected chi connectivity index (χ1v) is 14.3. The zero-order chi connectivity index (χ0) is 34.3. The first kappa shape index (κ1) is 34.2. The Morgan fingerprint density at radius 2 is 1.26 bits per heavy atom. The third kappa shape index (κ3) is 7.55. The zero-order valence-corrected chi connectivity index (χ0v) is 24.4. The van der Waals surface area contributed by atoms with Gasteiger partial charge in [-0.2, -0.15) is 17.6 Å². The maximum atomic E-state index is 15.2. The number of fused-ring (bicyclic) bond motifs is 1. The summed E-state index contributed by atoms with van der Waals surface area (Å²) in [6, 6.07) is 12.5. The van der Waals surface area contributed by atoms with Crippen LogP contribution in [0.2, 0.25) is 0 Å². The Balaban J connectivity index is 1.29. The van der Waals surface area contributed by atoms with E-state index in [0.29, 0.717) is 25.0 Å². The van der Waals surface area contributed by atoms with Crippen LogP contribution in [0.15, 0.2) is 66.7 Å². The van der Waals surface area contributed by atoms with Gasteiger partial charge in [-0.05, 0) is 84.2 Å². The number of halogens is 11. The third-order valence-corrected chi connectivity index (χ3v) is 8.06. The van der Waals surface area contributed by atoms with E-state index < -0.39 is 70.2 Å². The fraction of sp³-hybridized carbons (Fsp3) is 0.294. The predicted octanol–water partition coefficient (Wildman–Crippen LogP) is 11.6. The Kier molecular flexibility index (Phi) is 9.33. The summed E-state index contributed by atoms with van der Waals surface area (Å²) in [4.78, 5) is 0. The van der Waals surface area contributed by atoms with E-state index in [1.807, 2.05) is 55.5 Å². The SMILES string of the molecule is CC=Cc1ccc2cc(C3CCC(C(F)(F)Oc4cc(F)c(-c5cc(F)c(C(F)(F)OC(F)(F)F)c(F)c5)c(F)c4)CC3)ccc2c1. The molecule has 1 aliphatic carbocycles. The van der Waals surface area contributed by atoms with Crippen molar-refractivity contribution in [1.29, 1.82) is 0 Å². The molecule has 0 aromatic heterocycles. The van der Waals surface area contributed by atoms with Gasteiger partial charge >= 0.3 is 18.6 Å². The Morgan fingerprint density at radius 1 is 0.681 bits per heavy atom. The van der Waals surface area contributed by atoms with Crippen LogP contribution in [0.25, 0.3) is 28.0 Å². The predicted molar refractivity (Wildman–Crippen MR) is 152 cm³/mol. The molecular weight excluding hydrogens is 649 g/mol. The summed E-state index contributed by atoms with van der Waals surface area (Å²) >= 11 is 0. The molecule has 2 nitrogen and oxygen atoms in total. The van der Waals surface area contributed by atoms with Crippen molar-refractivity contribution in [1.82, 2.24) is 0 Å². The van der Waals surface area contributed by atoms with Gasteiger partial charge in [-0.1, -0.05) is 42.5 Å². The molecular formula is C34H25F11O2. The second kappa shape index (κ2) is 12.8. The maximum Gasteiger partial charge on any atom is 0.527 e. The molecule has 1 aliphatic rings. The van der Waals surface area contributed by atoms with Crippen molar-refractivity contribution in [3.63, 3.8) is 0 Å². The van der Waals surface area contributed by atoms with E-state index in [1.165, 1.54) is 0 Å². The molecule has 0 N–H and O–H groups in total. The molecule has 0 radical (unpaired) electrons. The molecule has 0 bridgehead atoms. The highest BCUT2D eigenvalue weighted by Gasteiger charge is 2.50. The lowest BCUT2D eigenvalue weighted by Crippen LogP contribution is -2.37. The number of benzene rings is 4. The van der Waals surface area contributed by atoms with Crippen LogP contribution in [0.1, 0.15) is 55.2 Å². The van der Waals surface area contributed by atoms with Crippen LogP contribution in [0, 0.1) is 29.2 Å². The highest BCUT2D eigenvalue weighted by molar-refractivity contribution is 5.85. The number of ether oxygens (including phenoxy) is 2. The van der Waals surface area contributed by atoms with Crippen molar-refractivity contribution in [2.24, 2.45) is 5.92 Å². The lowest BCUT2D eigenvalue weighted by molar-refractivity contribution is -0.432.